The number of hydrogen-bond acceptors (Lipinski definition) is 14. The van der Waals surface area contributed by atoms with E-state index < -0.39 is 39.4 Å². The summed E-state index contributed by atoms with van der Waals surface area (Å²) in [5, 5.41) is 0.562. The quantitative estimate of drug-likeness (QED) is 0.0605. The maximum atomic E-state index is 12.5. The molecule has 2 aromatic rings. The van der Waals surface area contributed by atoms with Crippen molar-refractivity contribution >= 4 is 39.3 Å². The molecule has 5 aliphatic rings. The number of carbonyl (C=O) groups excluding carboxylic acids is 3. The van der Waals surface area contributed by atoms with Gasteiger partial charge in [0.15, 0.2) is 0 Å². The van der Waals surface area contributed by atoms with Crippen LogP contribution in [0.15, 0.2) is 130 Å². The lowest BCUT2D eigenvalue weighted by atomic mass is 9.81. The molecule has 1 saturated heterocycles. The van der Waals surface area contributed by atoms with Gasteiger partial charge < -0.3 is 42.9 Å². The molecule has 0 radical (unpaired) electrons. The second kappa shape index (κ2) is 22.4. The zero-order chi connectivity index (χ0) is 49.3. The van der Waals surface area contributed by atoms with Crippen LogP contribution < -0.4 is 4.90 Å². The summed E-state index contributed by atoms with van der Waals surface area (Å²) in [5.41, 5.74) is 7.66. The van der Waals surface area contributed by atoms with Crippen LogP contribution in [0, 0.1) is 0 Å². The van der Waals surface area contributed by atoms with Crippen LogP contribution in [0.5, 0.6) is 0 Å². The predicted molar refractivity (Wildman–Crippen MR) is 259 cm³/mol. The number of benzene rings is 2. The number of carbonyl (C=O) groups is 3. The molecule has 0 spiro atoms. The van der Waals surface area contributed by atoms with Crippen LogP contribution in [0.3, 0.4) is 0 Å². The molecule has 16 heteroatoms. The largest absolute Gasteiger partial charge is 0.744 e. The van der Waals surface area contributed by atoms with E-state index in [2.05, 4.69) is 61.0 Å². The molecule has 2 amide bonds. The summed E-state index contributed by atoms with van der Waals surface area (Å²) in [6.07, 6.45) is 16.4. The maximum Gasteiger partial charge on any atom is 0.333 e. The molecule has 69 heavy (non-hydrogen) atoms. The number of nitrogens with zero attached hydrogens (tertiary/aromatic N) is 3. The van der Waals surface area contributed by atoms with E-state index in [1.54, 1.807) is 13.2 Å². The van der Waals surface area contributed by atoms with E-state index >= 15 is 0 Å². The molecule has 4 aliphatic heterocycles. The Morgan fingerprint density at radius 1 is 0.870 bits per heavy atom. The molecule has 7 rings (SSSR count). The SMILES string of the molecule is COCCOCCOCCOCCN1C2=CC3OC(c4ccccc4)=CC(/C=C/C=C4\N(CCCCCC(=O)ON5C(=O)CCC5=O)c5ccc(S(=O)(=O)[O-])cc5C4(C)C)=C3C=C2C(C)=CC1(C)C. The van der Waals surface area contributed by atoms with Gasteiger partial charge in [-0.3, -0.25) is 9.59 Å². The van der Waals surface area contributed by atoms with E-state index in [-0.39, 0.29) is 29.7 Å². The van der Waals surface area contributed by atoms with Crippen molar-refractivity contribution in [1.82, 2.24) is 9.96 Å². The molecule has 15 nitrogen and oxygen atoms in total. The van der Waals surface area contributed by atoms with Gasteiger partial charge in [-0.25, -0.2) is 13.2 Å². The molecule has 2 aromatic carbocycles. The molecular formula is C53H64N3O12S-. The number of hydrogen-bond donors (Lipinski definition) is 0. The number of imide groups is 1. The minimum atomic E-state index is -4.71. The van der Waals surface area contributed by atoms with Crippen molar-refractivity contribution < 1.29 is 55.9 Å². The maximum absolute atomic E-state index is 12.5. The number of amides is 2. The van der Waals surface area contributed by atoms with E-state index in [4.69, 9.17) is 28.5 Å². The van der Waals surface area contributed by atoms with Gasteiger partial charge in [0.05, 0.1) is 56.7 Å². The zero-order valence-corrected chi connectivity index (χ0v) is 41.3. The predicted octanol–water partition coefficient (Wildman–Crippen LogP) is 7.59. The first-order chi connectivity index (χ1) is 33.0. The molecule has 370 valence electrons. The molecule has 0 saturated carbocycles. The molecule has 0 N–H and O–H groups in total. The lowest BCUT2D eigenvalue weighted by Crippen LogP contribution is -2.47. The fourth-order valence-corrected chi connectivity index (χ4v) is 9.88. The van der Waals surface area contributed by atoms with Crippen molar-refractivity contribution in [2.75, 3.05) is 71.3 Å². The number of ether oxygens (including phenoxy) is 5. The molecule has 1 unspecified atom stereocenters. The Morgan fingerprint density at radius 3 is 2.23 bits per heavy atom. The van der Waals surface area contributed by atoms with Crippen LogP contribution in [0.2, 0.25) is 0 Å². The third-order valence-corrected chi connectivity index (χ3v) is 13.7. The number of allylic oxidation sites excluding steroid dienone is 7. The van der Waals surface area contributed by atoms with Crippen molar-refractivity contribution in [1.29, 1.82) is 0 Å². The van der Waals surface area contributed by atoms with Crippen LogP contribution in [0.25, 0.3) is 5.76 Å². The first-order valence-electron chi connectivity index (χ1n) is 23.6. The molecule has 0 aromatic heterocycles. The van der Waals surface area contributed by atoms with E-state index in [0.717, 1.165) is 50.7 Å². The Bertz CT molecular complexity index is 2570. The lowest BCUT2D eigenvalue weighted by molar-refractivity contribution is -0.197. The van der Waals surface area contributed by atoms with E-state index in [0.29, 0.717) is 89.2 Å². The fourth-order valence-electron chi connectivity index (χ4n) is 9.38. The van der Waals surface area contributed by atoms with Gasteiger partial charge in [-0.2, -0.15) is 0 Å². The second-order valence-electron chi connectivity index (χ2n) is 18.6. The van der Waals surface area contributed by atoms with Crippen molar-refractivity contribution in [2.45, 2.75) is 95.1 Å². The van der Waals surface area contributed by atoms with Crippen LogP contribution in [0.1, 0.15) is 84.3 Å². The van der Waals surface area contributed by atoms with E-state index in [1.165, 1.54) is 12.1 Å². The smallest absolute Gasteiger partial charge is 0.333 e. The van der Waals surface area contributed by atoms with Crippen LogP contribution >= 0.6 is 0 Å². The molecule has 4 heterocycles. The Labute approximate surface area is 406 Å². The molecule has 0 bridgehead atoms. The van der Waals surface area contributed by atoms with Gasteiger partial charge in [0.25, 0.3) is 11.8 Å². The van der Waals surface area contributed by atoms with E-state index in [9.17, 15) is 27.4 Å². The van der Waals surface area contributed by atoms with Gasteiger partial charge in [-0.1, -0.05) is 68.8 Å². The first-order valence-corrected chi connectivity index (χ1v) is 25.1. The average molecular weight is 967 g/mol. The number of fused-ring (bicyclic) bond motifs is 3. The summed E-state index contributed by atoms with van der Waals surface area (Å²) in [5.74, 6) is -0.953. The van der Waals surface area contributed by atoms with Crippen LogP contribution in [-0.4, -0.2) is 119 Å². The molecule has 1 atom stereocenters. The number of hydroxylamine groups is 2. The van der Waals surface area contributed by atoms with Gasteiger partial charge in [-0.15, -0.1) is 5.06 Å². The van der Waals surface area contributed by atoms with Crippen molar-refractivity contribution in [3.63, 3.8) is 0 Å². The van der Waals surface area contributed by atoms with Crippen molar-refractivity contribution in [3.8, 4) is 0 Å². The topological polar surface area (TPSA) is 174 Å². The highest BCUT2D eigenvalue weighted by atomic mass is 32.2. The van der Waals surface area contributed by atoms with Crippen LogP contribution in [-0.2, 0) is 58.4 Å². The highest BCUT2D eigenvalue weighted by Gasteiger charge is 2.41. The van der Waals surface area contributed by atoms with Crippen LogP contribution in [0.4, 0.5) is 5.69 Å². The minimum Gasteiger partial charge on any atom is -0.744 e. The highest BCUT2D eigenvalue weighted by molar-refractivity contribution is 7.85. The van der Waals surface area contributed by atoms with Crippen molar-refractivity contribution in [3.05, 3.63) is 136 Å². The number of rotatable bonds is 23. The van der Waals surface area contributed by atoms with Gasteiger partial charge in [-0.05, 0) is 92.8 Å². The van der Waals surface area contributed by atoms with Gasteiger partial charge in [0, 0.05) is 78.7 Å². The Balaban J connectivity index is 1.12. The second-order valence-corrected chi connectivity index (χ2v) is 20.0. The summed E-state index contributed by atoms with van der Waals surface area (Å²) in [4.78, 5) is 45.6. The Morgan fingerprint density at radius 2 is 1.55 bits per heavy atom. The number of methoxy groups -OCH3 is 1. The lowest BCUT2D eigenvalue weighted by Gasteiger charge is -2.47. The van der Waals surface area contributed by atoms with Gasteiger partial charge in [0.1, 0.15) is 22.0 Å². The van der Waals surface area contributed by atoms with Gasteiger partial charge in [0.2, 0.25) is 0 Å². The summed E-state index contributed by atoms with van der Waals surface area (Å²) in [7, 11) is -3.07. The molecular weight excluding hydrogens is 903 g/mol. The summed E-state index contributed by atoms with van der Waals surface area (Å²) >= 11 is 0. The number of anilines is 1. The normalized spacial score (nSPS) is 20.1. The van der Waals surface area contributed by atoms with E-state index in [1.807, 2.05) is 56.3 Å². The fraction of sp³-hybridized carbons (Fsp3) is 0.453. The summed E-state index contributed by atoms with van der Waals surface area (Å²) in [6, 6.07) is 14.5. The molecule has 1 aliphatic carbocycles. The monoisotopic (exact) mass is 966 g/mol. The van der Waals surface area contributed by atoms with Crippen molar-refractivity contribution in [2.24, 2.45) is 0 Å². The first kappa shape index (κ1) is 51.2. The summed E-state index contributed by atoms with van der Waals surface area (Å²) in [6.45, 7) is 15.3. The van der Waals surface area contributed by atoms with Gasteiger partial charge >= 0.3 is 5.97 Å². The number of unbranched alkanes of at least 4 members (excludes halogenated alkanes) is 2. The third-order valence-electron chi connectivity index (χ3n) is 12.9. The Kier molecular flexibility index (Phi) is 16.6. The Hall–Kier alpha value is -5.62. The zero-order valence-electron chi connectivity index (χ0n) is 40.5. The average Bonchev–Trinajstić information content (AvgIpc) is 3.73. The molecule has 1 fully saturated rings. The minimum absolute atomic E-state index is 0.0281. The summed E-state index contributed by atoms with van der Waals surface area (Å²) < 4.78 is 65.7. The highest BCUT2D eigenvalue weighted by Crippen LogP contribution is 2.49. The standard InChI is InChI=1S/C53H65N3O12S/c1-37-36-52(2,3)55(24-25-64-28-29-66-31-30-65-27-26-63-6)45-35-47-42(34-41(37)45)39(32-46(67-47)38-14-9-7-10-15-38)16-13-17-48-53(4,5)43-33-40(69(60,61)62)19-20-44(43)54(48)23-12-8-11-18-51(59)68-56-49(57)21-22-50(56)58/h7,9-10,13-17,19-20,32-36,47H,8,11-12,18,21-31H2,1-6H3,(H,60,61,62)/p-1/b16-13+,48-17-. The third kappa shape index (κ3) is 12.2.